The molecule has 0 bridgehead atoms. The fourth-order valence-electron chi connectivity index (χ4n) is 3.27. The van der Waals surface area contributed by atoms with Crippen LogP contribution in [0, 0.1) is 11.3 Å². The molecule has 4 rings (SSSR count). The summed E-state index contributed by atoms with van der Waals surface area (Å²) in [6.45, 7) is 1.79. The zero-order valence-corrected chi connectivity index (χ0v) is 20.0. The zero-order valence-electron chi connectivity index (χ0n) is 18.4. The molecule has 1 atom stereocenters. The number of nitrogens with zero attached hydrogens (tertiary/aromatic N) is 4. The van der Waals surface area contributed by atoms with E-state index in [2.05, 4.69) is 21.6 Å². The average Bonchev–Trinajstić information content (AvgIpc) is 3.28. The van der Waals surface area contributed by atoms with E-state index >= 15 is 0 Å². The second kappa shape index (κ2) is 10.4. The fourth-order valence-corrected chi connectivity index (χ4v) is 4.39. The Kier molecular flexibility index (Phi) is 7.16. The van der Waals surface area contributed by atoms with Crippen molar-refractivity contribution >= 4 is 35.0 Å². The summed E-state index contributed by atoms with van der Waals surface area (Å²) in [6, 6.07) is 23.9. The smallest absolute Gasteiger partial charge is 0.237 e. The van der Waals surface area contributed by atoms with Gasteiger partial charge in [-0.3, -0.25) is 9.36 Å². The molecule has 1 unspecified atom stereocenters. The number of carbonyl (C=O) groups excluding carboxylic acids is 1. The summed E-state index contributed by atoms with van der Waals surface area (Å²) < 4.78 is 7.15. The van der Waals surface area contributed by atoms with E-state index in [9.17, 15) is 4.79 Å². The van der Waals surface area contributed by atoms with Gasteiger partial charge in [-0.1, -0.05) is 59.8 Å². The molecule has 0 aliphatic rings. The number of nitriles is 1. The Balaban J connectivity index is 1.66. The Morgan fingerprint density at radius 1 is 1.12 bits per heavy atom. The number of rotatable bonds is 7. The van der Waals surface area contributed by atoms with Crippen LogP contribution in [-0.2, 0) is 4.79 Å². The lowest BCUT2D eigenvalue weighted by Crippen LogP contribution is -2.23. The van der Waals surface area contributed by atoms with Crippen molar-refractivity contribution in [2.45, 2.75) is 17.3 Å². The molecule has 1 aromatic heterocycles. The van der Waals surface area contributed by atoms with Crippen LogP contribution < -0.4 is 10.1 Å². The number of aromatic nitrogens is 3. The highest BCUT2D eigenvalue weighted by Gasteiger charge is 2.22. The number of ether oxygens (including phenoxy) is 1. The van der Waals surface area contributed by atoms with Gasteiger partial charge in [0.1, 0.15) is 5.75 Å². The van der Waals surface area contributed by atoms with Crippen LogP contribution in [0.3, 0.4) is 0 Å². The Labute approximate surface area is 206 Å². The molecule has 0 spiro atoms. The van der Waals surface area contributed by atoms with Gasteiger partial charge in [0, 0.05) is 11.3 Å². The van der Waals surface area contributed by atoms with Gasteiger partial charge in [-0.05, 0) is 43.3 Å². The summed E-state index contributed by atoms with van der Waals surface area (Å²) in [5.41, 5.74) is 2.65. The molecule has 0 aliphatic carbocycles. The van der Waals surface area contributed by atoms with E-state index < -0.39 is 5.25 Å². The third kappa shape index (κ3) is 5.06. The monoisotopic (exact) mass is 489 g/mol. The maximum absolute atomic E-state index is 12.9. The molecule has 1 N–H and O–H groups in total. The minimum Gasteiger partial charge on any atom is -0.495 e. The number of halogens is 1. The van der Waals surface area contributed by atoms with Crippen molar-refractivity contribution < 1.29 is 9.53 Å². The lowest BCUT2D eigenvalue weighted by Gasteiger charge is -2.15. The van der Waals surface area contributed by atoms with Gasteiger partial charge in [0.25, 0.3) is 0 Å². The van der Waals surface area contributed by atoms with Crippen molar-refractivity contribution in [1.29, 1.82) is 5.26 Å². The van der Waals surface area contributed by atoms with Gasteiger partial charge in [-0.25, -0.2) is 0 Å². The fraction of sp³-hybridized carbons (Fsp3) is 0.120. The SMILES string of the molecule is COc1ccc(-n2c(SC(C)C(=O)Nc3cccc(C#N)c3)nnc2-c2ccccc2)cc1Cl. The molecule has 4 aromatic rings. The molecule has 1 amide bonds. The third-order valence-corrected chi connectivity index (χ3v) is 6.31. The number of anilines is 1. The Hall–Kier alpha value is -3.80. The van der Waals surface area contributed by atoms with Gasteiger partial charge in [-0.2, -0.15) is 5.26 Å². The quantitative estimate of drug-likeness (QED) is 0.340. The number of carbonyl (C=O) groups is 1. The van der Waals surface area contributed by atoms with Gasteiger partial charge in [0.15, 0.2) is 11.0 Å². The lowest BCUT2D eigenvalue weighted by atomic mass is 10.2. The van der Waals surface area contributed by atoms with Crippen LogP contribution in [0.1, 0.15) is 12.5 Å². The predicted octanol–water partition coefficient (Wildman–Crippen LogP) is 5.59. The van der Waals surface area contributed by atoms with Crippen LogP contribution >= 0.6 is 23.4 Å². The Morgan fingerprint density at radius 2 is 1.91 bits per heavy atom. The van der Waals surface area contributed by atoms with Crippen LogP contribution in [-0.4, -0.2) is 33.0 Å². The van der Waals surface area contributed by atoms with Crippen molar-refractivity contribution in [2.24, 2.45) is 0 Å². The maximum Gasteiger partial charge on any atom is 0.237 e. The molecule has 34 heavy (non-hydrogen) atoms. The molecule has 1 heterocycles. The first-order valence-electron chi connectivity index (χ1n) is 10.3. The molecule has 0 radical (unpaired) electrons. The molecular formula is C25H20ClN5O2S. The number of methoxy groups -OCH3 is 1. The molecular weight excluding hydrogens is 470 g/mol. The summed E-state index contributed by atoms with van der Waals surface area (Å²) in [5, 5.41) is 21.2. The number of benzene rings is 3. The van der Waals surface area contributed by atoms with E-state index in [1.165, 1.54) is 11.8 Å². The van der Waals surface area contributed by atoms with E-state index in [1.54, 1.807) is 50.4 Å². The highest BCUT2D eigenvalue weighted by atomic mass is 35.5. The molecule has 0 aliphatic heterocycles. The van der Waals surface area contributed by atoms with Crippen molar-refractivity contribution in [3.63, 3.8) is 0 Å². The van der Waals surface area contributed by atoms with Gasteiger partial charge in [-0.15, -0.1) is 10.2 Å². The van der Waals surface area contributed by atoms with Gasteiger partial charge in [0.05, 0.1) is 34.7 Å². The third-order valence-electron chi connectivity index (χ3n) is 4.97. The van der Waals surface area contributed by atoms with E-state index in [4.69, 9.17) is 21.6 Å². The van der Waals surface area contributed by atoms with E-state index in [-0.39, 0.29) is 5.91 Å². The maximum atomic E-state index is 12.9. The first-order valence-corrected chi connectivity index (χ1v) is 11.6. The second-order valence-corrected chi connectivity index (χ2v) is 8.98. The summed E-state index contributed by atoms with van der Waals surface area (Å²) in [6.07, 6.45) is 0. The highest BCUT2D eigenvalue weighted by Crippen LogP contribution is 2.33. The highest BCUT2D eigenvalue weighted by molar-refractivity contribution is 8.00. The topological polar surface area (TPSA) is 92.8 Å². The van der Waals surface area contributed by atoms with Crippen LogP contribution in [0.25, 0.3) is 17.1 Å². The summed E-state index contributed by atoms with van der Waals surface area (Å²) in [7, 11) is 1.56. The number of hydrogen-bond acceptors (Lipinski definition) is 6. The lowest BCUT2D eigenvalue weighted by molar-refractivity contribution is -0.115. The zero-order chi connectivity index (χ0) is 24.1. The molecule has 7 nitrogen and oxygen atoms in total. The first-order chi connectivity index (χ1) is 16.5. The number of amides is 1. The van der Waals surface area contributed by atoms with E-state index in [0.29, 0.717) is 33.0 Å². The van der Waals surface area contributed by atoms with Crippen LogP contribution in [0.2, 0.25) is 5.02 Å². The molecule has 0 saturated carbocycles. The average molecular weight is 490 g/mol. The van der Waals surface area contributed by atoms with E-state index in [0.717, 1.165) is 11.3 Å². The molecule has 0 fully saturated rings. The molecule has 0 saturated heterocycles. The summed E-state index contributed by atoms with van der Waals surface area (Å²) >= 11 is 7.67. The standard InChI is InChI=1S/C25H20ClN5O2S/c1-16(24(32)28-19-10-6-7-17(13-19)15-27)34-25-30-29-23(18-8-4-3-5-9-18)31(25)20-11-12-22(33-2)21(26)14-20/h3-14,16H,1-2H3,(H,28,32). The van der Waals surface area contributed by atoms with Gasteiger partial charge >= 0.3 is 0 Å². The number of thioether (sulfide) groups is 1. The van der Waals surface area contributed by atoms with Crippen molar-refractivity contribution in [1.82, 2.24) is 14.8 Å². The van der Waals surface area contributed by atoms with E-state index in [1.807, 2.05) is 41.0 Å². The molecule has 3 aromatic carbocycles. The first kappa shape index (κ1) is 23.4. The van der Waals surface area contributed by atoms with Crippen molar-refractivity contribution in [3.05, 3.63) is 83.4 Å². The van der Waals surface area contributed by atoms with Gasteiger partial charge in [0.2, 0.25) is 5.91 Å². The second-order valence-electron chi connectivity index (χ2n) is 7.27. The summed E-state index contributed by atoms with van der Waals surface area (Å²) in [4.78, 5) is 12.9. The summed E-state index contributed by atoms with van der Waals surface area (Å²) in [5.74, 6) is 0.962. The van der Waals surface area contributed by atoms with Crippen LogP contribution in [0.5, 0.6) is 5.75 Å². The Morgan fingerprint density at radius 3 is 2.62 bits per heavy atom. The van der Waals surface area contributed by atoms with Crippen LogP contribution in [0.15, 0.2) is 78.0 Å². The minimum absolute atomic E-state index is 0.219. The molecule has 9 heteroatoms. The Bertz CT molecular complexity index is 1370. The van der Waals surface area contributed by atoms with Crippen LogP contribution in [0.4, 0.5) is 5.69 Å². The van der Waals surface area contributed by atoms with Crippen molar-refractivity contribution in [3.8, 4) is 28.9 Å². The van der Waals surface area contributed by atoms with Crippen molar-refractivity contribution in [2.75, 3.05) is 12.4 Å². The largest absolute Gasteiger partial charge is 0.495 e. The predicted molar refractivity (Wildman–Crippen MR) is 133 cm³/mol. The number of nitrogens with one attached hydrogen (secondary N) is 1. The minimum atomic E-state index is -0.494. The normalized spacial score (nSPS) is 11.5. The number of hydrogen-bond donors (Lipinski definition) is 1. The van der Waals surface area contributed by atoms with Gasteiger partial charge < -0.3 is 10.1 Å². The molecule has 170 valence electrons.